The molecule has 1 aliphatic heterocycles. The Kier molecular flexibility index (Phi) is 3.20. The normalized spacial score (nSPS) is 18.8. The Bertz CT molecular complexity index is 744. The number of rotatable bonds is 2. The fourth-order valence-electron chi connectivity index (χ4n) is 2.62. The minimum Gasteiger partial charge on any atom is -0.302 e. The Morgan fingerprint density at radius 2 is 1.95 bits per heavy atom. The molecule has 108 valence electrons. The zero-order valence-corrected chi connectivity index (χ0v) is 12.7. The van der Waals surface area contributed by atoms with Gasteiger partial charge < -0.3 is 5.43 Å². The van der Waals surface area contributed by atoms with Crippen LogP contribution in [0.3, 0.4) is 0 Å². The lowest BCUT2D eigenvalue weighted by Crippen LogP contribution is -2.28. The van der Waals surface area contributed by atoms with E-state index >= 15 is 0 Å². The van der Waals surface area contributed by atoms with Crippen LogP contribution in [0, 0.1) is 5.41 Å². The molecule has 3 nitrogen and oxygen atoms in total. The molecular weight excluding hydrogens is 260 g/mol. The second-order valence-corrected chi connectivity index (χ2v) is 6.02. The van der Waals surface area contributed by atoms with Gasteiger partial charge in [0.1, 0.15) is 0 Å². The standard InChI is InChI=1S/C18H20N2O/c1-4-12-8-9-13-6-5-7-14(15(13)10-12)11-16-18(2,3)17(21)20-19-16/h5-11,19H,4H2,1-3H3,(H,20,21)/b16-11-. The van der Waals surface area contributed by atoms with Crippen molar-refractivity contribution in [1.82, 2.24) is 10.9 Å². The summed E-state index contributed by atoms with van der Waals surface area (Å²) in [5.74, 6) is 0.00299. The van der Waals surface area contributed by atoms with Crippen LogP contribution in [0.5, 0.6) is 0 Å². The molecule has 0 aromatic heterocycles. The van der Waals surface area contributed by atoms with E-state index in [0.717, 1.165) is 17.7 Å². The first-order chi connectivity index (χ1) is 10.0. The largest absolute Gasteiger partial charge is 0.302 e. The number of carbonyl (C=O) groups excluding carboxylic acids is 1. The first-order valence-corrected chi connectivity index (χ1v) is 7.32. The molecule has 0 spiro atoms. The van der Waals surface area contributed by atoms with E-state index in [2.05, 4.69) is 60.2 Å². The SMILES string of the molecule is CCc1ccc2cccc(/C=C3\NNC(=O)C3(C)C)c2c1. The van der Waals surface area contributed by atoms with Crippen LogP contribution in [0.4, 0.5) is 0 Å². The maximum absolute atomic E-state index is 11.8. The van der Waals surface area contributed by atoms with Gasteiger partial charge in [-0.2, -0.15) is 0 Å². The first kappa shape index (κ1) is 13.7. The summed E-state index contributed by atoms with van der Waals surface area (Å²) in [6.07, 6.45) is 3.09. The highest BCUT2D eigenvalue weighted by Gasteiger charge is 2.37. The van der Waals surface area contributed by atoms with Crippen LogP contribution >= 0.6 is 0 Å². The summed E-state index contributed by atoms with van der Waals surface area (Å²) in [6, 6.07) is 12.8. The lowest BCUT2D eigenvalue weighted by atomic mass is 9.88. The first-order valence-electron chi connectivity index (χ1n) is 7.32. The Balaban J connectivity index is 2.15. The zero-order chi connectivity index (χ0) is 15.0. The van der Waals surface area contributed by atoms with Crippen molar-refractivity contribution in [2.45, 2.75) is 27.2 Å². The highest BCUT2D eigenvalue weighted by atomic mass is 16.2. The van der Waals surface area contributed by atoms with E-state index in [-0.39, 0.29) is 5.91 Å². The van der Waals surface area contributed by atoms with E-state index < -0.39 is 5.41 Å². The number of hydrogen-bond acceptors (Lipinski definition) is 2. The van der Waals surface area contributed by atoms with Crippen LogP contribution in [0.2, 0.25) is 0 Å². The average molecular weight is 280 g/mol. The monoisotopic (exact) mass is 280 g/mol. The third kappa shape index (κ3) is 2.29. The fourth-order valence-corrected chi connectivity index (χ4v) is 2.62. The van der Waals surface area contributed by atoms with Crippen LogP contribution in [-0.4, -0.2) is 5.91 Å². The van der Waals surface area contributed by atoms with Crippen LogP contribution < -0.4 is 10.9 Å². The molecule has 0 bridgehead atoms. The van der Waals surface area contributed by atoms with E-state index in [1.54, 1.807) is 0 Å². The molecule has 1 saturated heterocycles. The van der Waals surface area contributed by atoms with Crippen molar-refractivity contribution >= 4 is 22.8 Å². The Morgan fingerprint density at radius 3 is 2.62 bits per heavy atom. The van der Waals surface area contributed by atoms with Crippen molar-refractivity contribution in [3.05, 3.63) is 53.2 Å². The molecule has 0 aliphatic carbocycles. The summed E-state index contributed by atoms with van der Waals surface area (Å²) in [6.45, 7) is 6.01. The van der Waals surface area contributed by atoms with E-state index in [1.165, 1.54) is 16.3 Å². The molecule has 0 atom stereocenters. The summed E-state index contributed by atoms with van der Waals surface area (Å²) in [4.78, 5) is 11.8. The third-order valence-corrected chi connectivity index (χ3v) is 4.24. The summed E-state index contributed by atoms with van der Waals surface area (Å²) >= 11 is 0. The number of nitrogens with one attached hydrogen (secondary N) is 2. The highest BCUT2D eigenvalue weighted by molar-refractivity contribution is 5.94. The van der Waals surface area contributed by atoms with Gasteiger partial charge in [0.05, 0.1) is 5.41 Å². The molecule has 0 unspecified atom stereocenters. The quantitative estimate of drug-likeness (QED) is 0.885. The van der Waals surface area contributed by atoms with Gasteiger partial charge in [0, 0.05) is 5.70 Å². The number of benzene rings is 2. The summed E-state index contributed by atoms with van der Waals surface area (Å²) in [7, 11) is 0. The Morgan fingerprint density at radius 1 is 1.14 bits per heavy atom. The maximum atomic E-state index is 11.8. The van der Waals surface area contributed by atoms with Gasteiger partial charge in [0.25, 0.3) is 0 Å². The summed E-state index contributed by atoms with van der Waals surface area (Å²) in [5.41, 5.74) is 8.53. The van der Waals surface area contributed by atoms with Gasteiger partial charge in [-0.05, 0) is 48.2 Å². The number of amides is 1. The van der Waals surface area contributed by atoms with Crippen LogP contribution in [0.15, 0.2) is 42.1 Å². The van der Waals surface area contributed by atoms with Crippen molar-refractivity contribution in [3.8, 4) is 0 Å². The van der Waals surface area contributed by atoms with E-state index in [4.69, 9.17) is 0 Å². The second-order valence-electron chi connectivity index (χ2n) is 6.02. The molecule has 0 radical (unpaired) electrons. The molecule has 2 aromatic rings. The number of hydrazine groups is 1. The highest BCUT2D eigenvalue weighted by Crippen LogP contribution is 2.31. The van der Waals surface area contributed by atoms with Crippen LogP contribution in [-0.2, 0) is 11.2 Å². The number of fused-ring (bicyclic) bond motifs is 1. The van der Waals surface area contributed by atoms with Gasteiger partial charge in [0.15, 0.2) is 0 Å². The van der Waals surface area contributed by atoms with E-state index in [9.17, 15) is 4.79 Å². The molecule has 3 rings (SSSR count). The smallest absolute Gasteiger partial charge is 0.249 e. The Labute approximate surface area is 125 Å². The zero-order valence-electron chi connectivity index (χ0n) is 12.7. The van der Waals surface area contributed by atoms with Crippen LogP contribution in [0.25, 0.3) is 16.8 Å². The molecule has 2 N–H and O–H groups in total. The van der Waals surface area contributed by atoms with Gasteiger partial charge in [-0.3, -0.25) is 10.2 Å². The average Bonchev–Trinajstić information content (AvgIpc) is 2.74. The molecule has 1 fully saturated rings. The van der Waals surface area contributed by atoms with Crippen molar-refractivity contribution in [2.75, 3.05) is 0 Å². The summed E-state index contributed by atoms with van der Waals surface area (Å²) in [5, 5.41) is 2.44. The molecule has 3 heteroatoms. The predicted octanol–water partition coefficient (Wildman–Crippen LogP) is 3.40. The minimum atomic E-state index is -0.523. The number of carbonyl (C=O) groups is 1. The molecule has 2 aromatic carbocycles. The van der Waals surface area contributed by atoms with Gasteiger partial charge in [-0.1, -0.05) is 43.3 Å². The van der Waals surface area contributed by atoms with Gasteiger partial charge in [-0.25, -0.2) is 0 Å². The third-order valence-electron chi connectivity index (χ3n) is 4.24. The molecular formula is C18H20N2O. The van der Waals surface area contributed by atoms with Gasteiger partial charge in [-0.15, -0.1) is 0 Å². The lowest BCUT2D eigenvalue weighted by molar-refractivity contribution is -0.125. The number of aryl methyl sites for hydroxylation is 1. The van der Waals surface area contributed by atoms with Crippen molar-refractivity contribution < 1.29 is 4.79 Å². The second kappa shape index (κ2) is 4.92. The van der Waals surface area contributed by atoms with Crippen molar-refractivity contribution in [3.63, 3.8) is 0 Å². The lowest BCUT2D eigenvalue weighted by Gasteiger charge is -2.15. The van der Waals surface area contributed by atoms with E-state index in [0.29, 0.717) is 0 Å². The number of hydrogen-bond donors (Lipinski definition) is 2. The topological polar surface area (TPSA) is 41.1 Å². The molecule has 21 heavy (non-hydrogen) atoms. The molecule has 1 aliphatic rings. The van der Waals surface area contributed by atoms with Gasteiger partial charge >= 0.3 is 0 Å². The minimum absolute atomic E-state index is 0.00299. The summed E-state index contributed by atoms with van der Waals surface area (Å²) < 4.78 is 0. The van der Waals surface area contributed by atoms with Gasteiger partial charge in [0.2, 0.25) is 5.91 Å². The van der Waals surface area contributed by atoms with Crippen LogP contribution in [0.1, 0.15) is 31.9 Å². The Hall–Kier alpha value is -2.29. The molecule has 0 saturated carbocycles. The fraction of sp³-hybridized carbons (Fsp3) is 0.278. The molecule has 1 heterocycles. The van der Waals surface area contributed by atoms with E-state index in [1.807, 2.05) is 13.8 Å². The predicted molar refractivity (Wildman–Crippen MR) is 86.4 cm³/mol. The maximum Gasteiger partial charge on any atom is 0.249 e. The van der Waals surface area contributed by atoms with Crippen molar-refractivity contribution in [2.24, 2.45) is 5.41 Å². The molecule has 1 amide bonds. The van der Waals surface area contributed by atoms with Crippen molar-refractivity contribution in [1.29, 1.82) is 0 Å².